The predicted octanol–water partition coefficient (Wildman–Crippen LogP) is 0.281. The van der Waals surface area contributed by atoms with E-state index in [9.17, 15) is 9.59 Å². The molecule has 0 unspecified atom stereocenters. The van der Waals surface area contributed by atoms with Crippen molar-refractivity contribution in [3.8, 4) is 5.75 Å². The van der Waals surface area contributed by atoms with E-state index in [1.54, 1.807) is 12.1 Å². The molecule has 2 fully saturated rings. The number of hydrogen-bond acceptors (Lipinski definition) is 4. The second kappa shape index (κ2) is 8.17. The van der Waals surface area contributed by atoms with Gasteiger partial charge in [-0.3, -0.25) is 9.59 Å². The van der Waals surface area contributed by atoms with Gasteiger partial charge in [0.2, 0.25) is 5.91 Å². The number of para-hydroxylation sites is 1. The third-order valence-corrected chi connectivity index (χ3v) is 4.29. The van der Waals surface area contributed by atoms with Crippen LogP contribution >= 0.6 is 12.4 Å². The number of fused-ring (bicyclic) bond motifs is 1. The van der Waals surface area contributed by atoms with Gasteiger partial charge in [0.05, 0.1) is 6.54 Å². The molecule has 2 atom stereocenters. The summed E-state index contributed by atoms with van der Waals surface area (Å²) in [4.78, 5) is 25.7. The Kier molecular flexibility index (Phi) is 6.24. The average Bonchev–Trinajstić information content (AvgIpc) is 3.13. The number of rotatable bonds is 5. The van der Waals surface area contributed by atoms with E-state index in [0.717, 1.165) is 26.2 Å². The Morgan fingerprint density at radius 3 is 2.48 bits per heavy atom. The minimum Gasteiger partial charge on any atom is -0.484 e. The molecule has 126 valence electrons. The summed E-state index contributed by atoms with van der Waals surface area (Å²) in [5, 5.41) is 5.97. The lowest BCUT2D eigenvalue weighted by Gasteiger charge is -2.17. The maximum Gasteiger partial charge on any atom is 0.258 e. The molecular weight excluding hydrogens is 318 g/mol. The molecule has 7 heteroatoms. The van der Waals surface area contributed by atoms with E-state index in [4.69, 9.17) is 4.74 Å². The Morgan fingerprint density at radius 1 is 1.17 bits per heavy atom. The average molecular weight is 340 g/mol. The Hall–Kier alpha value is -1.79. The summed E-state index contributed by atoms with van der Waals surface area (Å²) in [6, 6.07) is 9.14. The highest BCUT2D eigenvalue weighted by atomic mass is 35.5. The molecule has 2 N–H and O–H groups in total. The van der Waals surface area contributed by atoms with Gasteiger partial charge in [0.15, 0.2) is 6.61 Å². The van der Waals surface area contributed by atoms with Crippen LogP contribution in [-0.4, -0.2) is 56.0 Å². The fraction of sp³-hybridized carbons (Fsp3) is 0.500. The van der Waals surface area contributed by atoms with Crippen LogP contribution in [0.25, 0.3) is 0 Å². The van der Waals surface area contributed by atoms with Gasteiger partial charge in [-0.15, -0.1) is 12.4 Å². The number of nitrogens with one attached hydrogen (secondary N) is 2. The van der Waals surface area contributed by atoms with Gasteiger partial charge in [0.25, 0.3) is 5.91 Å². The summed E-state index contributed by atoms with van der Waals surface area (Å²) in [5.41, 5.74) is 0. The number of hydrogen-bond donors (Lipinski definition) is 2. The predicted molar refractivity (Wildman–Crippen MR) is 88.6 cm³/mol. The van der Waals surface area contributed by atoms with Gasteiger partial charge in [0.1, 0.15) is 5.75 Å². The summed E-state index contributed by atoms with van der Waals surface area (Å²) < 4.78 is 5.34. The van der Waals surface area contributed by atoms with Crippen molar-refractivity contribution >= 4 is 24.2 Å². The zero-order valence-electron chi connectivity index (χ0n) is 12.9. The number of carbonyl (C=O) groups is 2. The standard InChI is InChI=1S/C16H21N3O3.ClH/c20-15(11-22-14-4-2-1-3-5-14)18-8-16(21)19-9-12-6-17-7-13(12)10-19;/h1-5,12-13,17H,6-11H2,(H,18,20);1H/t12-,13+;. The molecule has 2 saturated heterocycles. The molecule has 3 rings (SSSR count). The van der Waals surface area contributed by atoms with Crippen molar-refractivity contribution in [3.05, 3.63) is 30.3 Å². The molecule has 2 aliphatic rings. The molecule has 0 spiro atoms. The minimum absolute atomic E-state index is 0. The van der Waals surface area contributed by atoms with Crippen LogP contribution < -0.4 is 15.4 Å². The van der Waals surface area contributed by atoms with E-state index in [1.807, 2.05) is 23.1 Å². The molecule has 23 heavy (non-hydrogen) atoms. The first kappa shape index (κ1) is 17.6. The van der Waals surface area contributed by atoms with Crippen LogP contribution in [0.2, 0.25) is 0 Å². The Balaban J connectivity index is 0.00000192. The highest BCUT2D eigenvalue weighted by Gasteiger charge is 2.37. The SMILES string of the molecule is Cl.O=C(COc1ccccc1)NCC(=O)N1C[C@H]2CNC[C@H]2C1. The third kappa shape index (κ3) is 4.59. The molecule has 0 radical (unpaired) electrons. The number of ether oxygens (including phenoxy) is 1. The van der Waals surface area contributed by atoms with Gasteiger partial charge in [0, 0.05) is 26.2 Å². The van der Waals surface area contributed by atoms with Gasteiger partial charge >= 0.3 is 0 Å². The Bertz CT molecular complexity index is 529. The molecule has 1 aromatic carbocycles. The summed E-state index contributed by atoms with van der Waals surface area (Å²) in [6.07, 6.45) is 0. The molecule has 1 aromatic rings. The summed E-state index contributed by atoms with van der Waals surface area (Å²) in [6.45, 7) is 3.55. The first-order valence-corrected chi connectivity index (χ1v) is 7.65. The van der Waals surface area contributed by atoms with Gasteiger partial charge in [-0.25, -0.2) is 0 Å². The van der Waals surface area contributed by atoms with Crippen LogP contribution in [0.3, 0.4) is 0 Å². The lowest BCUT2D eigenvalue weighted by Crippen LogP contribution is -2.41. The van der Waals surface area contributed by atoms with Crippen molar-refractivity contribution in [1.29, 1.82) is 0 Å². The molecule has 0 bridgehead atoms. The van der Waals surface area contributed by atoms with Gasteiger partial charge in [-0.1, -0.05) is 18.2 Å². The quantitative estimate of drug-likeness (QED) is 0.808. The fourth-order valence-corrected chi connectivity index (χ4v) is 3.06. The largest absolute Gasteiger partial charge is 0.484 e. The minimum atomic E-state index is -0.279. The van der Waals surface area contributed by atoms with Gasteiger partial charge in [-0.2, -0.15) is 0 Å². The molecule has 2 heterocycles. The van der Waals surface area contributed by atoms with Crippen molar-refractivity contribution < 1.29 is 14.3 Å². The second-order valence-electron chi connectivity index (χ2n) is 5.86. The van der Waals surface area contributed by atoms with Crippen molar-refractivity contribution in [2.45, 2.75) is 0 Å². The number of benzene rings is 1. The highest BCUT2D eigenvalue weighted by Crippen LogP contribution is 2.25. The van der Waals surface area contributed by atoms with Crippen molar-refractivity contribution in [2.24, 2.45) is 11.8 Å². The molecule has 6 nitrogen and oxygen atoms in total. The summed E-state index contributed by atoms with van der Waals surface area (Å²) in [7, 11) is 0. The second-order valence-corrected chi connectivity index (χ2v) is 5.86. The van der Waals surface area contributed by atoms with Crippen LogP contribution in [0.15, 0.2) is 30.3 Å². The first-order valence-electron chi connectivity index (χ1n) is 7.65. The van der Waals surface area contributed by atoms with Crippen molar-refractivity contribution in [2.75, 3.05) is 39.3 Å². The Morgan fingerprint density at radius 2 is 1.83 bits per heavy atom. The lowest BCUT2D eigenvalue weighted by atomic mass is 10.0. The molecule has 2 amide bonds. The van der Waals surface area contributed by atoms with E-state index < -0.39 is 0 Å². The molecule has 0 saturated carbocycles. The van der Waals surface area contributed by atoms with Crippen LogP contribution in [0.5, 0.6) is 5.75 Å². The Labute approximate surface area is 142 Å². The van der Waals surface area contributed by atoms with Crippen molar-refractivity contribution in [3.63, 3.8) is 0 Å². The first-order chi connectivity index (χ1) is 10.7. The van der Waals surface area contributed by atoms with E-state index in [0.29, 0.717) is 17.6 Å². The van der Waals surface area contributed by atoms with E-state index in [-0.39, 0.29) is 37.4 Å². The van der Waals surface area contributed by atoms with E-state index in [2.05, 4.69) is 10.6 Å². The number of halogens is 1. The topological polar surface area (TPSA) is 70.7 Å². The van der Waals surface area contributed by atoms with Crippen LogP contribution in [0, 0.1) is 11.8 Å². The van der Waals surface area contributed by atoms with Crippen LogP contribution in [0.1, 0.15) is 0 Å². The van der Waals surface area contributed by atoms with E-state index in [1.165, 1.54) is 0 Å². The number of carbonyl (C=O) groups excluding carboxylic acids is 2. The molecular formula is C16H22ClN3O3. The maximum atomic E-state index is 12.1. The fourth-order valence-electron chi connectivity index (χ4n) is 3.06. The zero-order valence-corrected chi connectivity index (χ0v) is 13.7. The maximum absolute atomic E-state index is 12.1. The monoisotopic (exact) mass is 339 g/mol. The summed E-state index contributed by atoms with van der Waals surface area (Å²) in [5.74, 6) is 1.49. The van der Waals surface area contributed by atoms with Crippen molar-refractivity contribution in [1.82, 2.24) is 15.5 Å². The van der Waals surface area contributed by atoms with Crippen LogP contribution in [-0.2, 0) is 9.59 Å². The third-order valence-electron chi connectivity index (χ3n) is 4.29. The number of likely N-dealkylation sites (tertiary alicyclic amines) is 1. The number of amides is 2. The van der Waals surface area contributed by atoms with E-state index >= 15 is 0 Å². The molecule has 2 aliphatic heterocycles. The van der Waals surface area contributed by atoms with Gasteiger partial charge < -0.3 is 20.3 Å². The molecule has 0 aliphatic carbocycles. The zero-order chi connectivity index (χ0) is 15.4. The highest BCUT2D eigenvalue weighted by molar-refractivity contribution is 5.85. The van der Waals surface area contributed by atoms with Crippen LogP contribution in [0.4, 0.5) is 0 Å². The smallest absolute Gasteiger partial charge is 0.258 e. The summed E-state index contributed by atoms with van der Waals surface area (Å²) >= 11 is 0. The van der Waals surface area contributed by atoms with Gasteiger partial charge in [-0.05, 0) is 24.0 Å². The molecule has 0 aromatic heterocycles. The number of nitrogens with zero attached hydrogens (tertiary/aromatic N) is 1. The lowest BCUT2D eigenvalue weighted by molar-refractivity contribution is -0.132. The normalized spacial score (nSPS) is 22.2.